The highest BCUT2D eigenvalue weighted by atomic mass is 35.5. The summed E-state index contributed by atoms with van der Waals surface area (Å²) in [6, 6.07) is 10.4. The van der Waals surface area contributed by atoms with E-state index >= 15 is 0 Å². The van der Waals surface area contributed by atoms with Gasteiger partial charge in [-0.2, -0.15) is 0 Å². The minimum Gasteiger partial charge on any atom is -0.467 e. The molecule has 2 aromatic rings. The van der Waals surface area contributed by atoms with Crippen LogP contribution in [0.5, 0.6) is 11.5 Å². The molecule has 2 rings (SSSR count). The van der Waals surface area contributed by atoms with Crippen molar-refractivity contribution < 1.29 is 23.8 Å². The Balaban J connectivity index is 2.26. The van der Waals surface area contributed by atoms with Crippen LogP contribution in [0.4, 0.5) is 4.39 Å². The fraction of sp³-hybridized carbons (Fsp3) is 0.188. The molecule has 0 spiro atoms. The predicted octanol–water partition coefficient (Wildman–Crippen LogP) is 3.65. The van der Waals surface area contributed by atoms with Gasteiger partial charge in [0.05, 0.1) is 7.11 Å². The predicted molar refractivity (Wildman–Crippen MR) is 79.5 cm³/mol. The van der Waals surface area contributed by atoms with E-state index in [9.17, 15) is 14.3 Å². The standard InChI is InChI=1S/C16H14ClFO4/c1-16(20,15(19)21-2)13-8-7-12(9-14(13)18)22-11-5-3-10(17)4-6-11/h3-9,20H,1-2H3. The average Bonchev–Trinajstić information content (AvgIpc) is 2.48. The number of aliphatic hydroxyl groups is 1. The first-order chi connectivity index (χ1) is 10.3. The number of halogens is 2. The molecule has 0 heterocycles. The van der Waals surface area contributed by atoms with Crippen LogP contribution in [-0.4, -0.2) is 18.2 Å². The van der Waals surface area contributed by atoms with Crippen LogP contribution in [0, 0.1) is 5.82 Å². The molecule has 116 valence electrons. The van der Waals surface area contributed by atoms with Gasteiger partial charge in [-0.1, -0.05) is 11.6 Å². The summed E-state index contributed by atoms with van der Waals surface area (Å²) in [5, 5.41) is 10.6. The van der Waals surface area contributed by atoms with Gasteiger partial charge >= 0.3 is 5.97 Å². The lowest BCUT2D eigenvalue weighted by Gasteiger charge is -2.21. The van der Waals surface area contributed by atoms with Crippen LogP contribution in [0.2, 0.25) is 5.02 Å². The molecule has 22 heavy (non-hydrogen) atoms. The molecule has 0 aliphatic heterocycles. The Bertz CT molecular complexity index is 683. The highest BCUT2D eigenvalue weighted by molar-refractivity contribution is 6.30. The fourth-order valence-corrected chi connectivity index (χ4v) is 2.03. The van der Waals surface area contributed by atoms with Crippen molar-refractivity contribution in [3.8, 4) is 11.5 Å². The van der Waals surface area contributed by atoms with Gasteiger partial charge in [-0.3, -0.25) is 0 Å². The average molecular weight is 325 g/mol. The number of rotatable bonds is 4. The van der Waals surface area contributed by atoms with Crippen molar-refractivity contribution in [1.29, 1.82) is 0 Å². The van der Waals surface area contributed by atoms with E-state index in [1.54, 1.807) is 24.3 Å². The molecule has 0 radical (unpaired) electrons. The van der Waals surface area contributed by atoms with Crippen molar-refractivity contribution in [2.45, 2.75) is 12.5 Å². The van der Waals surface area contributed by atoms with Gasteiger partial charge in [0.25, 0.3) is 0 Å². The van der Waals surface area contributed by atoms with Crippen molar-refractivity contribution in [3.05, 3.63) is 58.9 Å². The maximum absolute atomic E-state index is 14.1. The first-order valence-electron chi connectivity index (χ1n) is 6.39. The van der Waals surface area contributed by atoms with Crippen molar-refractivity contribution in [2.24, 2.45) is 0 Å². The Morgan fingerprint density at radius 2 is 1.77 bits per heavy atom. The third-order valence-electron chi connectivity index (χ3n) is 3.10. The molecule has 6 heteroatoms. The van der Waals surface area contributed by atoms with Crippen LogP contribution in [0.25, 0.3) is 0 Å². The SMILES string of the molecule is COC(=O)C(C)(O)c1ccc(Oc2ccc(Cl)cc2)cc1F. The highest BCUT2D eigenvalue weighted by Gasteiger charge is 2.36. The maximum Gasteiger partial charge on any atom is 0.342 e. The van der Waals surface area contributed by atoms with E-state index < -0.39 is 17.4 Å². The van der Waals surface area contributed by atoms with Crippen molar-refractivity contribution in [2.75, 3.05) is 7.11 Å². The van der Waals surface area contributed by atoms with E-state index in [0.717, 1.165) is 20.1 Å². The largest absolute Gasteiger partial charge is 0.467 e. The zero-order valence-corrected chi connectivity index (χ0v) is 12.7. The van der Waals surface area contributed by atoms with Crippen molar-refractivity contribution in [1.82, 2.24) is 0 Å². The van der Waals surface area contributed by atoms with Gasteiger partial charge in [0.2, 0.25) is 0 Å². The number of carbonyl (C=O) groups is 1. The first kappa shape index (κ1) is 16.3. The zero-order valence-electron chi connectivity index (χ0n) is 12.0. The lowest BCUT2D eigenvalue weighted by molar-refractivity contribution is -0.161. The van der Waals surface area contributed by atoms with E-state index in [2.05, 4.69) is 4.74 Å². The summed E-state index contributed by atoms with van der Waals surface area (Å²) in [7, 11) is 1.12. The molecule has 0 fully saturated rings. The third-order valence-corrected chi connectivity index (χ3v) is 3.35. The lowest BCUT2D eigenvalue weighted by atomic mass is 9.95. The second kappa shape index (κ2) is 6.34. The number of hydrogen-bond acceptors (Lipinski definition) is 4. The monoisotopic (exact) mass is 324 g/mol. The summed E-state index contributed by atoms with van der Waals surface area (Å²) in [6.45, 7) is 1.16. The summed E-state index contributed by atoms with van der Waals surface area (Å²) in [5.74, 6) is -1.01. The van der Waals surface area contributed by atoms with E-state index in [4.69, 9.17) is 16.3 Å². The highest BCUT2D eigenvalue weighted by Crippen LogP contribution is 2.30. The summed E-state index contributed by atoms with van der Waals surface area (Å²) in [5.41, 5.74) is -2.26. The van der Waals surface area contributed by atoms with E-state index in [1.165, 1.54) is 12.1 Å². The molecular formula is C16H14ClFO4. The summed E-state index contributed by atoms with van der Waals surface area (Å²) in [6.07, 6.45) is 0. The molecular weight excluding hydrogens is 311 g/mol. The smallest absolute Gasteiger partial charge is 0.342 e. The molecule has 4 nitrogen and oxygen atoms in total. The minimum atomic E-state index is -2.07. The zero-order chi connectivity index (χ0) is 16.3. The second-order valence-electron chi connectivity index (χ2n) is 4.76. The van der Waals surface area contributed by atoms with Gasteiger partial charge in [0, 0.05) is 16.7 Å². The lowest BCUT2D eigenvalue weighted by Crippen LogP contribution is -2.34. The van der Waals surface area contributed by atoms with Crippen LogP contribution in [-0.2, 0) is 15.1 Å². The van der Waals surface area contributed by atoms with E-state index in [0.29, 0.717) is 10.8 Å². The Morgan fingerprint density at radius 1 is 1.18 bits per heavy atom. The maximum atomic E-state index is 14.1. The van der Waals surface area contributed by atoms with Gasteiger partial charge in [-0.05, 0) is 43.3 Å². The number of ether oxygens (including phenoxy) is 2. The van der Waals surface area contributed by atoms with Gasteiger partial charge in [0.15, 0.2) is 5.60 Å². The number of carbonyl (C=O) groups excluding carboxylic acids is 1. The second-order valence-corrected chi connectivity index (χ2v) is 5.20. The topological polar surface area (TPSA) is 55.8 Å². The molecule has 2 aromatic carbocycles. The minimum absolute atomic E-state index is 0.192. The molecule has 0 aliphatic rings. The van der Waals surface area contributed by atoms with Crippen LogP contribution < -0.4 is 4.74 Å². The quantitative estimate of drug-likeness (QED) is 0.872. The molecule has 0 saturated carbocycles. The Kier molecular flexibility index (Phi) is 4.68. The molecule has 1 N–H and O–H groups in total. The van der Waals surface area contributed by atoms with Crippen LogP contribution in [0.3, 0.4) is 0 Å². The molecule has 0 saturated heterocycles. The van der Waals surface area contributed by atoms with E-state index in [-0.39, 0.29) is 11.3 Å². The van der Waals surface area contributed by atoms with Crippen LogP contribution >= 0.6 is 11.6 Å². The number of hydrogen-bond donors (Lipinski definition) is 1. The van der Waals surface area contributed by atoms with E-state index in [1.807, 2.05) is 0 Å². The molecule has 0 amide bonds. The van der Waals surface area contributed by atoms with Crippen molar-refractivity contribution in [3.63, 3.8) is 0 Å². The molecule has 0 aliphatic carbocycles. The summed E-state index contributed by atoms with van der Waals surface area (Å²) in [4.78, 5) is 11.5. The van der Waals surface area contributed by atoms with Crippen LogP contribution in [0.1, 0.15) is 12.5 Å². The van der Waals surface area contributed by atoms with Gasteiger partial charge in [0.1, 0.15) is 17.3 Å². The first-order valence-corrected chi connectivity index (χ1v) is 6.76. The fourth-order valence-electron chi connectivity index (χ4n) is 1.90. The third kappa shape index (κ3) is 3.37. The molecule has 1 atom stereocenters. The van der Waals surface area contributed by atoms with Gasteiger partial charge < -0.3 is 14.6 Å². The molecule has 1 unspecified atom stereocenters. The number of esters is 1. The van der Waals surface area contributed by atoms with Crippen molar-refractivity contribution >= 4 is 17.6 Å². The number of methoxy groups -OCH3 is 1. The molecule has 0 bridgehead atoms. The summed E-state index contributed by atoms with van der Waals surface area (Å²) < 4.78 is 24.1. The Labute approximate surface area is 132 Å². The van der Waals surface area contributed by atoms with Gasteiger partial charge in [-0.25, -0.2) is 9.18 Å². The summed E-state index contributed by atoms with van der Waals surface area (Å²) >= 11 is 5.77. The van der Waals surface area contributed by atoms with Gasteiger partial charge in [-0.15, -0.1) is 0 Å². The Hall–Kier alpha value is -2.11. The Morgan fingerprint density at radius 3 is 2.32 bits per heavy atom. The van der Waals surface area contributed by atoms with Crippen LogP contribution in [0.15, 0.2) is 42.5 Å². The number of benzene rings is 2. The molecule has 0 aromatic heterocycles. The normalized spacial score (nSPS) is 13.3.